The number of hydrogen-bond acceptors (Lipinski definition) is 3. The van der Waals surface area contributed by atoms with Gasteiger partial charge in [-0.25, -0.2) is 18.0 Å². The van der Waals surface area contributed by atoms with Crippen molar-refractivity contribution < 1.29 is 32.6 Å². The SMILES string of the molecule is O=C(O)C1COCCN1C(=O)c1c(F)cc(F)cc1F. The number of halogens is 3. The fraction of sp³-hybridized carbons (Fsp3) is 0.333. The maximum Gasteiger partial charge on any atom is 0.328 e. The lowest BCUT2D eigenvalue weighted by Gasteiger charge is -2.33. The van der Waals surface area contributed by atoms with E-state index in [2.05, 4.69) is 0 Å². The number of carboxylic acids is 1. The van der Waals surface area contributed by atoms with Gasteiger partial charge in [-0.3, -0.25) is 4.79 Å². The Hall–Kier alpha value is -2.09. The van der Waals surface area contributed by atoms with E-state index in [1.807, 2.05) is 0 Å². The molecule has 1 atom stereocenters. The molecular formula is C12H10F3NO4. The van der Waals surface area contributed by atoms with Crippen LogP contribution in [0.5, 0.6) is 0 Å². The summed E-state index contributed by atoms with van der Waals surface area (Å²) in [6, 6.07) is -0.598. The van der Waals surface area contributed by atoms with Crippen LogP contribution in [0.15, 0.2) is 12.1 Å². The summed E-state index contributed by atoms with van der Waals surface area (Å²) >= 11 is 0. The molecule has 0 aromatic heterocycles. The Morgan fingerprint density at radius 3 is 2.40 bits per heavy atom. The number of carbonyl (C=O) groups is 2. The fourth-order valence-electron chi connectivity index (χ4n) is 1.94. The topological polar surface area (TPSA) is 66.8 Å². The van der Waals surface area contributed by atoms with E-state index in [9.17, 15) is 22.8 Å². The van der Waals surface area contributed by atoms with Crippen LogP contribution in [0.3, 0.4) is 0 Å². The van der Waals surface area contributed by atoms with Crippen molar-refractivity contribution in [1.29, 1.82) is 0 Å². The number of nitrogens with zero attached hydrogens (tertiary/aromatic N) is 1. The maximum atomic E-state index is 13.5. The number of morpholine rings is 1. The molecule has 108 valence electrons. The van der Waals surface area contributed by atoms with E-state index in [4.69, 9.17) is 9.84 Å². The van der Waals surface area contributed by atoms with Gasteiger partial charge in [0, 0.05) is 18.7 Å². The Morgan fingerprint density at radius 2 is 1.85 bits per heavy atom. The second-order valence-electron chi connectivity index (χ2n) is 4.17. The quantitative estimate of drug-likeness (QED) is 0.883. The number of amides is 1. The smallest absolute Gasteiger partial charge is 0.328 e. The molecule has 0 aliphatic carbocycles. The zero-order valence-electron chi connectivity index (χ0n) is 10.1. The van der Waals surface area contributed by atoms with Crippen molar-refractivity contribution in [2.45, 2.75) is 6.04 Å². The van der Waals surface area contributed by atoms with Gasteiger partial charge in [-0.1, -0.05) is 0 Å². The van der Waals surface area contributed by atoms with E-state index in [1.165, 1.54) is 0 Å². The van der Waals surface area contributed by atoms with E-state index >= 15 is 0 Å². The number of ether oxygens (including phenoxy) is 1. The molecule has 1 aliphatic heterocycles. The normalized spacial score (nSPS) is 18.9. The zero-order valence-corrected chi connectivity index (χ0v) is 10.1. The van der Waals surface area contributed by atoms with Crippen LogP contribution in [0.2, 0.25) is 0 Å². The highest BCUT2D eigenvalue weighted by Crippen LogP contribution is 2.19. The minimum atomic E-state index is -1.37. The molecule has 0 saturated carbocycles. The van der Waals surface area contributed by atoms with Gasteiger partial charge in [-0.2, -0.15) is 0 Å². The van der Waals surface area contributed by atoms with Crippen LogP contribution in [0, 0.1) is 17.5 Å². The van der Waals surface area contributed by atoms with Gasteiger partial charge in [0.25, 0.3) is 5.91 Å². The summed E-state index contributed by atoms with van der Waals surface area (Å²) in [4.78, 5) is 23.9. The fourth-order valence-corrected chi connectivity index (χ4v) is 1.94. The third-order valence-corrected chi connectivity index (χ3v) is 2.90. The van der Waals surface area contributed by atoms with Crippen LogP contribution in [0.25, 0.3) is 0 Å². The van der Waals surface area contributed by atoms with Gasteiger partial charge >= 0.3 is 5.97 Å². The molecule has 1 unspecified atom stereocenters. The minimum absolute atomic E-state index is 0.0555. The third kappa shape index (κ3) is 2.60. The van der Waals surface area contributed by atoms with Gasteiger partial charge in [-0.15, -0.1) is 0 Å². The second-order valence-corrected chi connectivity index (χ2v) is 4.17. The predicted molar refractivity (Wildman–Crippen MR) is 59.6 cm³/mol. The third-order valence-electron chi connectivity index (χ3n) is 2.90. The van der Waals surface area contributed by atoms with Crippen LogP contribution in [0.4, 0.5) is 13.2 Å². The molecule has 0 bridgehead atoms. The highest BCUT2D eigenvalue weighted by Gasteiger charge is 2.35. The van der Waals surface area contributed by atoms with Gasteiger partial charge < -0.3 is 14.7 Å². The Morgan fingerprint density at radius 1 is 1.25 bits per heavy atom. The first-order chi connectivity index (χ1) is 9.41. The van der Waals surface area contributed by atoms with E-state index in [1.54, 1.807) is 0 Å². The highest BCUT2D eigenvalue weighted by atomic mass is 19.1. The van der Waals surface area contributed by atoms with Crippen molar-refractivity contribution in [3.63, 3.8) is 0 Å². The summed E-state index contributed by atoms with van der Waals surface area (Å²) in [5, 5.41) is 8.97. The van der Waals surface area contributed by atoms with Crippen molar-refractivity contribution in [2.24, 2.45) is 0 Å². The number of aliphatic carboxylic acids is 1. The Kier molecular flexibility index (Phi) is 3.93. The number of hydrogen-bond donors (Lipinski definition) is 1. The molecule has 2 rings (SSSR count). The van der Waals surface area contributed by atoms with E-state index in [-0.39, 0.29) is 19.8 Å². The summed E-state index contributed by atoms with van der Waals surface area (Å²) in [5.41, 5.74) is -0.973. The van der Waals surface area contributed by atoms with Crippen LogP contribution < -0.4 is 0 Å². The number of carbonyl (C=O) groups excluding carboxylic acids is 1. The largest absolute Gasteiger partial charge is 0.480 e. The first-order valence-corrected chi connectivity index (χ1v) is 5.68. The molecule has 1 N–H and O–H groups in total. The molecule has 1 aromatic carbocycles. The summed E-state index contributed by atoms with van der Waals surface area (Å²) in [6.45, 7) is -0.336. The van der Waals surface area contributed by atoms with Crippen molar-refractivity contribution in [3.05, 3.63) is 35.1 Å². The second kappa shape index (κ2) is 5.49. The monoisotopic (exact) mass is 289 g/mol. The van der Waals surface area contributed by atoms with E-state index < -0.39 is 40.9 Å². The Balaban J connectivity index is 2.37. The average Bonchev–Trinajstić information content (AvgIpc) is 2.37. The average molecular weight is 289 g/mol. The van der Waals surface area contributed by atoms with Crippen molar-refractivity contribution in [3.8, 4) is 0 Å². The van der Waals surface area contributed by atoms with Crippen molar-refractivity contribution >= 4 is 11.9 Å². The van der Waals surface area contributed by atoms with Gasteiger partial charge in [0.2, 0.25) is 0 Å². The van der Waals surface area contributed by atoms with Gasteiger partial charge in [0.1, 0.15) is 23.0 Å². The van der Waals surface area contributed by atoms with Crippen molar-refractivity contribution in [1.82, 2.24) is 4.90 Å². The lowest BCUT2D eigenvalue weighted by molar-refractivity contribution is -0.147. The molecule has 1 fully saturated rings. The summed E-state index contributed by atoms with van der Waals surface area (Å²) < 4.78 is 44.8. The molecule has 1 saturated heterocycles. The lowest BCUT2D eigenvalue weighted by Crippen LogP contribution is -2.52. The number of benzene rings is 1. The lowest BCUT2D eigenvalue weighted by atomic mass is 10.1. The maximum absolute atomic E-state index is 13.5. The molecule has 20 heavy (non-hydrogen) atoms. The number of rotatable bonds is 2. The molecule has 1 aromatic rings. The summed E-state index contributed by atoms with van der Waals surface area (Å²) in [7, 11) is 0. The molecule has 5 nitrogen and oxygen atoms in total. The molecule has 8 heteroatoms. The molecule has 1 aliphatic rings. The molecule has 1 heterocycles. The van der Waals surface area contributed by atoms with Crippen molar-refractivity contribution in [2.75, 3.05) is 19.8 Å². The predicted octanol–water partition coefficient (Wildman–Crippen LogP) is 1.03. The number of carboxylic acid groups (broad SMARTS) is 1. The molecular weight excluding hydrogens is 279 g/mol. The van der Waals surface area contributed by atoms with Gasteiger partial charge in [-0.05, 0) is 0 Å². The molecule has 0 radical (unpaired) electrons. The first kappa shape index (κ1) is 14.3. The van der Waals surface area contributed by atoms with Crippen LogP contribution in [-0.4, -0.2) is 47.7 Å². The first-order valence-electron chi connectivity index (χ1n) is 5.68. The molecule has 1 amide bonds. The standard InChI is InChI=1S/C12H10F3NO4/c13-6-3-7(14)10(8(15)4-6)11(17)16-1-2-20-5-9(16)12(18)19/h3-4,9H,1-2,5H2,(H,18,19). The van der Waals surface area contributed by atoms with E-state index in [0.717, 1.165) is 4.90 Å². The van der Waals surface area contributed by atoms with Gasteiger partial charge in [0.05, 0.1) is 13.2 Å². The van der Waals surface area contributed by atoms with Gasteiger partial charge in [0.15, 0.2) is 6.04 Å². The van der Waals surface area contributed by atoms with Crippen LogP contribution in [0.1, 0.15) is 10.4 Å². The van der Waals surface area contributed by atoms with Crippen LogP contribution in [-0.2, 0) is 9.53 Å². The summed E-state index contributed by atoms with van der Waals surface area (Å²) in [5.74, 6) is -6.39. The molecule has 0 spiro atoms. The highest BCUT2D eigenvalue weighted by molar-refractivity contribution is 5.97. The Labute approximate surface area is 111 Å². The minimum Gasteiger partial charge on any atom is -0.480 e. The van der Waals surface area contributed by atoms with E-state index in [0.29, 0.717) is 12.1 Å². The zero-order chi connectivity index (χ0) is 14.9. The Bertz CT molecular complexity index is 541. The van der Waals surface area contributed by atoms with Crippen LogP contribution >= 0.6 is 0 Å². The summed E-state index contributed by atoms with van der Waals surface area (Å²) in [6.07, 6.45) is 0.